The molecule has 0 fully saturated rings. The standard InChI is InChI=1S/C26H28N4O2S2/c1-15(2)33-24-22-23(25(29-28-24)34-16(3)4)30(17(5)27-22)14-18-10-12-19(13-11-18)20-8-6-7-9-21(20)26(31)32/h6-13,15-16H,14H2,1-5H3,(H,31,32). The van der Waals surface area contributed by atoms with Gasteiger partial charge in [-0.15, -0.1) is 10.2 Å². The molecule has 2 aromatic carbocycles. The van der Waals surface area contributed by atoms with E-state index in [1.807, 2.05) is 43.3 Å². The Labute approximate surface area is 208 Å². The minimum atomic E-state index is -0.924. The molecule has 0 amide bonds. The lowest BCUT2D eigenvalue weighted by Crippen LogP contribution is -2.05. The number of aromatic carboxylic acids is 1. The van der Waals surface area contributed by atoms with Gasteiger partial charge in [-0.3, -0.25) is 0 Å². The summed E-state index contributed by atoms with van der Waals surface area (Å²) < 4.78 is 2.21. The molecule has 176 valence electrons. The molecule has 6 nitrogen and oxygen atoms in total. The highest BCUT2D eigenvalue weighted by molar-refractivity contribution is 8.00. The van der Waals surface area contributed by atoms with Gasteiger partial charge in [-0.2, -0.15) is 0 Å². The van der Waals surface area contributed by atoms with Crippen LogP contribution in [0.1, 0.15) is 49.4 Å². The zero-order valence-corrected chi connectivity index (χ0v) is 21.6. The van der Waals surface area contributed by atoms with E-state index in [0.717, 1.165) is 38.0 Å². The smallest absolute Gasteiger partial charge is 0.336 e. The van der Waals surface area contributed by atoms with E-state index in [1.54, 1.807) is 35.7 Å². The lowest BCUT2D eigenvalue weighted by Gasteiger charge is -2.13. The number of hydrogen-bond donors (Lipinski definition) is 1. The Hall–Kier alpha value is -2.84. The fourth-order valence-corrected chi connectivity index (χ4v) is 5.45. The third kappa shape index (κ3) is 5.13. The first-order chi connectivity index (χ1) is 16.2. The van der Waals surface area contributed by atoms with E-state index in [-0.39, 0.29) is 0 Å². The topological polar surface area (TPSA) is 80.9 Å². The Kier molecular flexibility index (Phi) is 7.28. The first-order valence-corrected chi connectivity index (χ1v) is 13.0. The van der Waals surface area contributed by atoms with Crippen molar-refractivity contribution in [2.75, 3.05) is 0 Å². The number of aromatic nitrogens is 4. The van der Waals surface area contributed by atoms with Gasteiger partial charge in [-0.1, -0.05) is 93.7 Å². The molecule has 0 saturated heterocycles. The van der Waals surface area contributed by atoms with Crippen molar-refractivity contribution >= 4 is 40.5 Å². The number of nitrogens with zero attached hydrogens (tertiary/aromatic N) is 4. The number of imidazole rings is 1. The van der Waals surface area contributed by atoms with Crippen LogP contribution in [-0.2, 0) is 6.54 Å². The highest BCUT2D eigenvalue weighted by atomic mass is 32.2. The van der Waals surface area contributed by atoms with Crippen LogP contribution in [0.25, 0.3) is 22.2 Å². The van der Waals surface area contributed by atoms with Crippen LogP contribution >= 0.6 is 23.5 Å². The maximum Gasteiger partial charge on any atom is 0.336 e. The zero-order valence-electron chi connectivity index (χ0n) is 19.9. The van der Waals surface area contributed by atoms with E-state index in [1.165, 1.54) is 0 Å². The van der Waals surface area contributed by atoms with Crippen molar-refractivity contribution in [3.63, 3.8) is 0 Å². The average molecular weight is 493 g/mol. The average Bonchev–Trinajstić information content (AvgIpc) is 3.12. The number of carboxylic acid groups (broad SMARTS) is 1. The summed E-state index contributed by atoms with van der Waals surface area (Å²) in [4.78, 5) is 16.5. The van der Waals surface area contributed by atoms with Gasteiger partial charge in [-0.25, -0.2) is 9.78 Å². The minimum Gasteiger partial charge on any atom is -0.478 e. The second-order valence-corrected chi connectivity index (χ2v) is 11.8. The third-order valence-corrected chi connectivity index (χ3v) is 7.19. The molecule has 0 atom stereocenters. The largest absolute Gasteiger partial charge is 0.478 e. The minimum absolute atomic E-state index is 0.302. The Morgan fingerprint density at radius 1 is 0.941 bits per heavy atom. The molecule has 0 radical (unpaired) electrons. The number of fused-ring (bicyclic) bond motifs is 1. The number of carboxylic acids is 1. The van der Waals surface area contributed by atoms with Crippen molar-refractivity contribution < 1.29 is 9.90 Å². The van der Waals surface area contributed by atoms with Crippen molar-refractivity contribution in [2.24, 2.45) is 0 Å². The monoisotopic (exact) mass is 492 g/mol. The summed E-state index contributed by atoms with van der Waals surface area (Å²) in [5.41, 5.74) is 4.93. The van der Waals surface area contributed by atoms with Crippen molar-refractivity contribution in [3.05, 3.63) is 65.5 Å². The summed E-state index contributed by atoms with van der Waals surface area (Å²) in [6, 6.07) is 15.1. The molecule has 1 N–H and O–H groups in total. The lowest BCUT2D eigenvalue weighted by molar-refractivity contribution is 0.0697. The van der Waals surface area contributed by atoms with Crippen LogP contribution in [0.15, 0.2) is 58.6 Å². The molecule has 0 unspecified atom stereocenters. The number of carbonyl (C=O) groups is 1. The molecule has 0 saturated carbocycles. The Morgan fingerprint density at radius 2 is 1.56 bits per heavy atom. The van der Waals surface area contributed by atoms with Crippen LogP contribution in [0.5, 0.6) is 0 Å². The van der Waals surface area contributed by atoms with E-state index < -0.39 is 5.97 Å². The number of benzene rings is 2. The van der Waals surface area contributed by atoms with Crippen molar-refractivity contribution in [1.29, 1.82) is 0 Å². The van der Waals surface area contributed by atoms with Gasteiger partial charge in [-0.05, 0) is 29.7 Å². The molecule has 0 aliphatic rings. The molecule has 8 heteroatoms. The number of rotatable bonds is 8. The summed E-state index contributed by atoms with van der Waals surface area (Å²) >= 11 is 3.38. The van der Waals surface area contributed by atoms with Crippen molar-refractivity contribution in [1.82, 2.24) is 19.7 Å². The van der Waals surface area contributed by atoms with Gasteiger partial charge < -0.3 is 9.67 Å². The quantitative estimate of drug-likeness (QED) is 0.279. The van der Waals surface area contributed by atoms with Gasteiger partial charge in [0.15, 0.2) is 0 Å². The predicted octanol–water partition coefficient (Wildman–Crippen LogP) is 6.55. The van der Waals surface area contributed by atoms with Crippen molar-refractivity contribution in [3.8, 4) is 11.1 Å². The van der Waals surface area contributed by atoms with Gasteiger partial charge in [0.2, 0.25) is 0 Å². The third-order valence-electron chi connectivity index (χ3n) is 5.25. The predicted molar refractivity (Wildman–Crippen MR) is 140 cm³/mol. The van der Waals surface area contributed by atoms with Crippen LogP contribution in [0.3, 0.4) is 0 Å². The zero-order chi connectivity index (χ0) is 24.4. The van der Waals surface area contributed by atoms with Gasteiger partial charge in [0.1, 0.15) is 26.9 Å². The van der Waals surface area contributed by atoms with E-state index in [4.69, 9.17) is 4.98 Å². The molecular weight excluding hydrogens is 464 g/mol. The molecule has 4 aromatic rings. The summed E-state index contributed by atoms with van der Waals surface area (Å²) in [5, 5.41) is 21.1. The fourth-order valence-electron chi connectivity index (χ4n) is 3.81. The van der Waals surface area contributed by atoms with Crippen LogP contribution in [0.2, 0.25) is 0 Å². The molecule has 2 aromatic heterocycles. The Bertz CT molecular complexity index is 1330. The van der Waals surface area contributed by atoms with E-state index in [0.29, 0.717) is 28.2 Å². The highest BCUT2D eigenvalue weighted by Crippen LogP contribution is 2.35. The SMILES string of the molecule is Cc1nc2c(SC(C)C)nnc(SC(C)C)c2n1Cc1ccc(-c2ccccc2C(=O)O)cc1. The molecule has 0 aliphatic carbocycles. The van der Waals surface area contributed by atoms with Gasteiger partial charge in [0, 0.05) is 17.0 Å². The summed E-state index contributed by atoms with van der Waals surface area (Å²) in [6.45, 7) is 11.2. The Balaban J connectivity index is 1.73. The molecule has 4 rings (SSSR count). The molecule has 0 spiro atoms. The van der Waals surface area contributed by atoms with Crippen LogP contribution in [-0.4, -0.2) is 41.3 Å². The highest BCUT2D eigenvalue weighted by Gasteiger charge is 2.20. The van der Waals surface area contributed by atoms with Crippen molar-refractivity contribution in [2.45, 2.75) is 61.7 Å². The first kappa shape index (κ1) is 24.3. The summed E-state index contributed by atoms with van der Waals surface area (Å²) in [5.74, 6) is -0.00661. The molecule has 0 aliphatic heterocycles. The normalized spacial score (nSPS) is 11.6. The molecule has 0 bridgehead atoms. The van der Waals surface area contributed by atoms with E-state index in [2.05, 4.69) is 42.5 Å². The van der Waals surface area contributed by atoms with Gasteiger partial charge in [0.25, 0.3) is 0 Å². The number of thioether (sulfide) groups is 2. The van der Waals surface area contributed by atoms with Gasteiger partial charge in [0.05, 0.1) is 5.56 Å². The van der Waals surface area contributed by atoms with E-state index in [9.17, 15) is 9.90 Å². The second kappa shape index (κ2) is 10.2. The Morgan fingerprint density at radius 3 is 2.21 bits per heavy atom. The van der Waals surface area contributed by atoms with Crippen LogP contribution < -0.4 is 0 Å². The number of hydrogen-bond acceptors (Lipinski definition) is 6. The maximum absolute atomic E-state index is 11.6. The summed E-state index contributed by atoms with van der Waals surface area (Å²) in [6.07, 6.45) is 0. The van der Waals surface area contributed by atoms with Gasteiger partial charge >= 0.3 is 5.97 Å². The van der Waals surface area contributed by atoms with E-state index >= 15 is 0 Å². The summed E-state index contributed by atoms with van der Waals surface area (Å²) in [7, 11) is 0. The fraction of sp³-hybridized carbons (Fsp3) is 0.308. The maximum atomic E-state index is 11.6. The second-order valence-electron chi connectivity index (χ2n) is 8.63. The molecule has 34 heavy (non-hydrogen) atoms. The number of aryl methyl sites for hydroxylation is 1. The first-order valence-electron chi connectivity index (χ1n) is 11.2. The van der Waals surface area contributed by atoms with Crippen LogP contribution in [0.4, 0.5) is 0 Å². The van der Waals surface area contributed by atoms with Crippen LogP contribution in [0, 0.1) is 6.92 Å². The molecule has 2 heterocycles. The lowest BCUT2D eigenvalue weighted by atomic mass is 9.99. The molecular formula is C26H28N4O2S2.